The number of hydrogen-bond donors (Lipinski definition) is 0. The van der Waals surface area contributed by atoms with Crippen molar-refractivity contribution in [2.24, 2.45) is 0 Å². The molecule has 0 atom stereocenters. The lowest BCUT2D eigenvalue weighted by Crippen LogP contribution is -2.27. The fraction of sp³-hybridized carbons (Fsp3) is 0.375. The summed E-state index contributed by atoms with van der Waals surface area (Å²) in [5.74, 6) is -0.242. The summed E-state index contributed by atoms with van der Waals surface area (Å²) in [7, 11) is 1.85. The zero-order valence-corrected chi connectivity index (χ0v) is 13.3. The molecule has 2 rings (SSSR count). The van der Waals surface area contributed by atoms with E-state index >= 15 is 0 Å². The van der Waals surface area contributed by atoms with E-state index in [1.165, 1.54) is 0 Å². The van der Waals surface area contributed by atoms with E-state index in [9.17, 15) is 4.79 Å². The van der Waals surface area contributed by atoms with Gasteiger partial charge in [0.2, 0.25) is 0 Å². The van der Waals surface area contributed by atoms with Gasteiger partial charge in [-0.1, -0.05) is 29.8 Å². The average Bonchev–Trinajstić information content (AvgIpc) is 2.44. The third-order valence-electron chi connectivity index (χ3n) is 3.27. The van der Waals surface area contributed by atoms with Crippen LogP contribution in [0, 0.1) is 6.92 Å². The Morgan fingerprint density at radius 3 is 2.81 bits per heavy atom. The van der Waals surface area contributed by atoms with Crippen LogP contribution in [-0.2, 0) is 16.1 Å². The Bertz CT molecular complexity index is 658. The van der Waals surface area contributed by atoms with Crippen LogP contribution in [0.4, 0.5) is 0 Å². The van der Waals surface area contributed by atoms with Crippen LogP contribution < -0.4 is 0 Å². The van der Waals surface area contributed by atoms with E-state index in [2.05, 4.69) is 4.98 Å². The number of likely N-dealkylation sites (N-methyl/N-ethyl adjacent to an activating group) is 1. The number of benzene rings is 1. The van der Waals surface area contributed by atoms with Gasteiger partial charge in [0.05, 0.1) is 29.4 Å². The van der Waals surface area contributed by atoms with Crippen molar-refractivity contribution < 1.29 is 9.53 Å². The second-order valence-corrected chi connectivity index (χ2v) is 5.37. The van der Waals surface area contributed by atoms with Crippen LogP contribution in [0.5, 0.6) is 0 Å². The van der Waals surface area contributed by atoms with Gasteiger partial charge >= 0.3 is 5.97 Å². The van der Waals surface area contributed by atoms with E-state index in [0.717, 1.165) is 22.2 Å². The second kappa shape index (κ2) is 6.87. The van der Waals surface area contributed by atoms with Crippen LogP contribution in [0.25, 0.3) is 10.9 Å². The van der Waals surface area contributed by atoms with E-state index < -0.39 is 0 Å². The Morgan fingerprint density at radius 2 is 2.10 bits per heavy atom. The molecular formula is C16H19ClN2O2. The molecule has 0 saturated heterocycles. The molecule has 0 amide bonds. The molecule has 0 aliphatic rings. The van der Waals surface area contributed by atoms with Crippen LogP contribution in [0.15, 0.2) is 24.3 Å². The fourth-order valence-electron chi connectivity index (χ4n) is 2.26. The van der Waals surface area contributed by atoms with Crippen molar-refractivity contribution in [2.45, 2.75) is 20.4 Å². The van der Waals surface area contributed by atoms with Crippen LogP contribution in [0.1, 0.15) is 18.2 Å². The molecule has 112 valence electrons. The van der Waals surface area contributed by atoms with Gasteiger partial charge in [0.1, 0.15) is 0 Å². The lowest BCUT2D eigenvalue weighted by Gasteiger charge is -2.17. The summed E-state index contributed by atoms with van der Waals surface area (Å²) in [6.45, 7) is 4.89. The maximum Gasteiger partial charge on any atom is 0.320 e. The van der Waals surface area contributed by atoms with Gasteiger partial charge in [0, 0.05) is 11.9 Å². The number of hydrogen-bond acceptors (Lipinski definition) is 4. The Hall–Kier alpha value is -1.65. The number of carbonyl (C=O) groups excluding carboxylic acids is 1. The zero-order chi connectivity index (χ0) is 15.4. The zero-order valence-electron chi connectivity index (χ0n) is 12.5. The maximum absolute atomic E-state index is 11.5. The summed E-state index contributed by atoms with van der Waals surface area (Å²) < 4.78 is 4.94. The minimum absolute atomic E-state index is 0.220. The molecule has 21 heavy (non-hydrogen) atoms. The van der Waals surface area contributed by atoms with Crippen LogP contribution >= 0.6 is 11.6 Å². The molecule has 0 saturated carbocycles. The molecule has 1 aromatic heterocycles. The molecule has 0 aliphatic heterocycles. The van der Waals surface area contributed by atoms with E-state index in [4.69, 9.17) is 16.3 Å². The summed E-state index contributed by atoms with van der Waals surface area (Å²) in [6.07, 6.45) is 0. The number of nitrogens with zero attached hydrogens (tertiary/aromatic N) is 2. The van der Waals surface area contributed by atoms with Crippen molar-refractivity contribution in [3.8, 4) is 0 Å². The molecular weight excluding hydrogens is 288 g/mol. The quantitative estimate of drug-likeness (QED) is 0.796. The van der Waals surface area contributed by atoms with E-state index in [1.807, 2.05) is 43.1 Å². The minimum Gasteiger partial charge on any atom is -0.465 e. The van der Waals surface area contributed by atoms with Crippen molar-refractivity contribution in [2.75, 3.05) is 20.2 Å². The molecule has 5 heteroatoms. The third-order valence-corrected chi connectivity index (χ3v) is 3.77. The first-order chi connectivity index (χ1) is 10.0. The van der Waals surface area contributed by atoms with Crippen LogP contribution in [0.2, 0.25) is 5.02 Å². The van der Waals surface area contributed by atoms with E-state index in [-0.39, 0.29) is 12.5 Å². The van der Waals surface area contributed by atoms with Crippen molar-refractivity contribution >= 4 is 28.5 Å². The van der Waals surface area contributed by atoms with Crippen molar-refractivity contribution in [1.82, 2.24) is 9.88 Å². The van der Waals surface area contributed by atoms with Gasteiger partial charge in [0.15, 0.2) is 0 Å². The highest BCUT2D eigenvalue weighted by Crippen LogP contribution is 2.27. The standard InChI is InChI=1S/C16H19ClN2O2/c1-4-21-15(20)10-19(3)9-14-16(17)11(2)12-7-5-6-8-13(12)18-14/h5-8H,4,9-10H2,1-3H3. The van der Waals surface area contributed by atoms with E-state index in [1.54, 1.807) is 6.92 Å². The largest absolute Gasteiger partial charge is 0.465 e. The topological polar surface area (TPSA) is 42.4 Å². The first-order valence-corrected chi connectivity index (χ1v) is 7.28. The molecule has 4 nitrogen and oxygen atoms in total. The Morgan fingerprint density at radius 1 is 1.38 bits per heavy atom. The Kier molecular flexibility index (Phi) is 5.15. The number of pyridine rings is 1. The molecule has 0 aliphatic carbocycles. The molecule has 1 aromatic carbocycles. The lowest BCUT2D eigenvalue weighted by atomic mass is 10.1. The van der Waals surface area contributed by atoms with Crippen LogP contribution in [0.3, 0.4) is 0 Å². The SMILES string of the molecule is CCOC(=O)CN(C)Cc1nc2ccccc2c(C)c1Cl. The number of para-hydroxylation sites is 1. The summed E-state index contributed by atoms with van der Waals surface area (Å²) in [4.78, 5) is 17.9. The molecule has 0 radical (unpaired) electrons. The predicted octanol–water partition coefficient (Wildman–Crippen LogP) is 3.19. The second-order valence-electron chi connectivity index (χ2n) is 4.99. The van der Waals surface area contributed by atoms with E-state index in [0.29, 0.717) is 18.2 Å². The molecule has 0 spiro atoms. The first kappa shape index (κ1) is 15.7. The number of halogens is 1. The van der Waals surface area contributed by atoms with Crippen LogP contribution in [-0.4, -0.2) is 36.1 Å². The summed E-state index contributed by atoms with van der Waals surface area (Å²) in [5, 5.41) is 1.71. The molecule has 0 N–H and O–H groups in total. The van der Waals surface area contributed by atoms with Gasteiger partial charge in [-0.25, -0.2) is 4.98 Å². The monoisotopic (exact) mass is 306 g/mol. The average molecular weight is 307 g/mol. The lowest BCUT2D eigenvalue weighted by molar-refractivity contribution is -0.144. The summed E-state index contributed by atoms with van der Waals surface area (Å²) in [6, 6.07) is 7.90. The molecule has 1 heterocycles. The number of rotatable bonds is 5. The van der Waals surface area contributed by atoms with Gasteiger partial charge in [0.25, 0.3) is 0 Å². The number of ether oxygens (including phenoxy) is 1. The fourth-order valence-corrected chi connectivity index (χ4v) is 2.46. The Labute approximate surface area is 129 Å². The van der Waals surface area contributed by atoms with Gasteiger partial charge in [-0.3, -0.25) is 9.69 Å². The smallest absolute Gasteiger partial charge is 0.320 e. The predicted molar refractivity (Wildman–Crippen MR) is 84.5 cm³/mol. The van der Waals surface area contributed by atoms with Crippen molar-refractivity contribution in [1.29, 1.82) is 0 Å². The van der Waals surface area contributed by atoms with Gasteiger partial charge in [-0.2, -0.15) is 0 Å². The molecule has 0 bridgehead atoms. The normalized spacial score (nSPS) is 11.1. The number of fused-ring (bicyclic) bond motifs is 1. The Balaban J connectivity index is 2.22. The van der Waals surface area contributed by atoms with Crippen molar-refractivity contribution in [3.63, 3.8) is 0 Å². The number of carbonyl (C=O) groups is 1. The minimum atomic E-state index is -0.242. The highest BCUT2D eigenvalue weighted by atomic mass is 35.5. The molecule has 0 unspecified atom stereocenters. The summed E-state index contributed by atoms with van der Waals surface area (Å²) in [5.41, 5.74) is 2.71. The van der Waals surface area contributed by atoms with Gasteiger partial charge in [-0.05, 0) is 32.5 Å². The van der Waals surface area contributed by atoms with Crippen molar-refractivity contribution in [3.05, 3.63) is 40.5 Å². The molecule has 2 aromatic rings. The highest BCUT2D eigenvalue weighted by molar-refractivity contribution is 6.32. The van der Waals surface area contributed by atoms with Gasteiger partial charge < -0.3 is 4.74 Å². The number of aromatic nitrogens is 1. The molecule has 0 fully saturated rings. The highest BCUT2D eigenvalue weighted by Gasteiger charge is 2.14. The van der Waals surface area contributed by atoms with Gasteiger partial charge in [-0.15, -0.1) is 0 Å². The maximum atomic E-state index is 11.5. The number of aryl methyl sites for hydroxylation is 1. The number of esters is 1. The summed E-state index contributed by atoms with van der Waals surface area (Å²) >= 11 is 6.41. The third kappa shape index (κ3) is 3.71. The first-order valence-electron chi connectivity index (χ1n) is 6.90.